The Balaban J connectivity index is 2.07. The zero-order valence-corrected chi connectivity index (χ0v) is 13.1. The average Bonchev–Trinajstić information content (AvgIpc) is 2.50. The van der Waals surface area contributed by atoms with E-state index in [1.807, 2.05) is 0 Å². The van der Waals surface area contributed by atoms with Gasteiger partial charge in [0.05, 0.1) is 4.90 Å². The van der Waals surface area contributed by atoms with E-state index < -0.39 is 15.6 Å². The SMILES string of the molecule is O=S(=O)(c1ccc(CN2CCCCC2CCO)cc1)C(F)F. The van der Waals surface area contributed by atoms with Crippen molar-refractivity contribution in [3.05, 3.63) is 29.8 Å². The minimum atomic E-state index is -4.53. The molecule has 2 rings (SSSR count). The van der Waals surface area contributed by atoms with E-state index in [9.17, 15) is 17.2 Å². The number of benzene rings is 1. The zero-order chi connectivity index (χ0) is 16.2. The van der Waals surface area contributed by atoms with Gasteiger partial charge in [0.2, 0.25) is 9.84 Å². The van der Waals surface area contributed by atoms with Gasteiger partial charge in [-0.3, -0.25) is 4.90 Å². The molecule has 1 aliphatic heterocycles. The first-order valence-corrected chi connectivity index (χ1v) is 8.95. The molecule has 0 saturated carbocycles. The molecule has 1 aromatic rings. The van der Waals surface area contributed by atoms with Crippen molar-refractivity contribution in [1.29, 1.82) is 0 Å². The third kappa shape index (κ3) is 4.02. The molecule has 4 nitrogen and oxygen atoms in total. The number of alkyl halides is 2. The molecule has 1 aromatic carbocycles. The minimum Gasteiger partial charge on any atom is -0.396 e. The molecule has 1 heterocycles. The predicted molar refractivity (Wildman–Crippen MR) is 79.4 cm³/mol. The summed E-state index contributed by atoms with van der Waals surface area (Å²) in [5, 5.41) is 9.12. The lowest BCUT2D eigenvalue weighted by atomic mass is 9.99. The minimum absolute atomic E-state index is 0.146. The standard InChI is InChI=1S/C15H21F2NO3S/c16-15(17)22(20,21)14-6-4-12(5-7-14)11-18-9-2-1-3-13(18)8-10-19/h4-7,13,15,19H,1-3,8-11H2. The topological polar surface area (TPSA) is 57.6 Å². The second-order valence-corrected chi connectivity index (χ2v) is 7.50. The number of aliphatic hydroxyl groups is 1. The number of likely N-dealkylation sites (tertiary alicyclic amines) is 1. The maximum atomic E-state index is 12.5. The fourth-order valence-electron chi connectivity index (χ4n) is 2.87. The fraction of sp³-hybridized carbons (Fsp3) is 0.600. The van der Waals surface area contributed by atoms with Gasteiger partial charge in [0.25, 0.3) is 0 Å². The molecular formula is C15H21F2NO3S. The molecule has 1 saturated heterocycles. The largest absolute Gasteiger partial charge is 0.396 e. The molecular weight excluding hydrogens is 312 g/mol. The highest BCUT2D eigenvalue weighted by molar-refractivity contribution is 7.91. The van der Waals surface area contributed by atoms with Crippen LogP contribution in [0.4, 0.5) is 8.78 Å². The van der Waals surface area contributed by atoms with Crippen LogP contribution in [0.2, 0.25) is 0 Å². The smallest absolute Gasteiger partial charge is 0.341 e. The Kier molecular flexibility index (Phi) is 5.88. The summed E-state index contributed by atoms with van der Waals surface area (Å²) in [6.07, 6.45) is 4.00. The van der Waals surface area contributed by atoms with E-state index >= 15 is 0 Å². The summed E-state index contributed by atoms with van der Waals surface area (Å²) in [5.41, 5.74) is 0.887. The first-order chi connectivity index (χ1) is 10.4. The lowest BCUT2D eigenvalue weighted by Gasteiger charge is -2.35. The molecule has 0 aromatic heterocycles. The van der Waals surface area contributed by atoms with Crippen LogP contribution < -0.4 is 0 Å². The van der Waals surface area contributed by atoms with Gasteiger partial charge in [-0.15, -0.1) is 0 Å². The zero-order valence-electron chi connectivity index (χ0n) is 12.3. The Morgan fingerprint density at radius 3 is 2.50 bits per heavy atom. The van der Waals surface area contributed by atoms with Crippen molar-refractivity contribution in [2.75, 3.05) is 13.2 Å². The van der Waals surface area contributed by atoms with Crippen LogP contribution in [0.1, 0.15) is 31.2 Å². The molecule has 7 heteroatoms. The van der Waals surface area contributed by atoms with Crippen molar-refractivity contribution in [3.8, 4) is 0 Å². The highest BCUT2D eigenvalue weighted by Crippen LogP contribution is 2.23. The molecule has 1 fully saturated rings. The van der Waals surface area contributed by atoms with Gasteiger partial charge in [-0.25, -0.2) is 8.42 Å². The Hall–Kier alpha value is -1.05. The third-order valence-electron chi connectivity index (χ3n) is 4.08. The predicted octanol–water partition coefficient (Wildman–Crippen LogP) is 2.42. The number of hydrogen-bond donors (Lipinski definition) is 1. The molecule has 1 unspecified atom stereocenters. The van der Waals surface area contributed by atoms with E-state index in [-0.39, 0.29) is 11.5 Å². The van der Waals surface area contributed by atoms with Crippen LogP contribution in [0, 0.1) is 0 Å². The Bertz CT molecular complexity index is 573. The molecule has 1 atom stereocenters. The van der Waals surface area contributed by atoms with Crippen LogP contribution in [0.5, 0.6) is 0 Å². The van der Waals surface area contributed by atoms with Gasteiger partial charge in [-0.1, -0.05) is 18.6 Å². The summed E-state index contributed by atoms with van der Waals surface area (Å²) in [6, 6.07) is 5.96. The number of halogens is 2. The third-order valence-corrected chi connectivity index (χ3v) is 5.48. The van der Waals surface area contributed by atoms with Gasteiger partial charge in [0.15, 0.2) is 0 Å². The molecule has 1 aliphatic rings. The molecule has 22 heavy (non-hydrogen) atoms. The van der Waals surface area contributed by atoms with E-state index in [0.717, 1.165) is 37.8 Å². The fourth-order valence-corrected chi connectivity index (χ4v) is 3.59. The van der Waals surface area contributed by atoms with Gasteiger partial charge in [0.1, 0.15) is 0 Å². The molecule has 0 radical (unpaired) electrons. The van der Waals surface area contributed by atoms with E-state index in [1.54, 1.807) is 12.1 Å². The number of piperidine rings is 1. The number of sulfone groups is 1. The number of aliphatic hydroxyl groups excluding tert-OH is 1. The number of nitrogens with zero attached hydrogens (tertiary/aromatic N) is 1. The summed E-state index contributed by atoms with van der Waals surface area (Å²) in [7, 11) is -4.53. The normalized spacial score (nSPS) is 20.5. The Labute approximate surface area is 129 Å². The Morgan fingerprint density at radius 1 is 1.23 bits per heavy atom. The van der Waals surface area contributed by atoms with Crippen molar-refractivity contribution in [2.45, 2.75) is 48.9 Å². The second kappa shape index (κ2) is 7.48. The van der Waals surface area contributed by atoms with Crippen LogP contribution in [-0.2, 0) is 16.4 Å². The molecule has 1 N–H and O–H groups in total. The second-order valence-electron chi connectivity index (χ2n) is 5.58. The molecule has 124 valence electrons. The van der Waals surface area contributed by atoms with E-state index in [2.05, 4.69) is 4.90 Å². The van der Waals surface area contributed by atoms with Crippen molar-refractivity contribution >= 4 is 9.84 Å². The first-order valence-electron chi connectivity index (χ1n) is 7.41. The number of hydrogen-bond acceptors (Lipinski definition) is 4. The Morgan fingerprint density at radius 2 is 1.91 bits per heavy atom. The summed E-state index contributed by atoms with van der Waals surface area (Å²) in [6.45, 7) is 1.72. The summed E-state index contributed by atoms with van der Waals surface area (Å²) < 4.78 is 47.7. The van der Waals surface area contributed by atoms with Crippen LogP contribution in [0.3, 0.4) is 0 Å². The molecule has 0 spiro atoms. The summed E-state index contributed by atoms with van der Waals surface area (Å²) in [5.74, 6) is -3.39. The van der Waals surface area contributed by atoms with E-state index in [0.29, 0.717) is 12.6 Å². The van der Waals surface area contributed by atoms with Crippen LogP contribution in [0.15, 0.2) is 29.2 Å². The lowest BCUT2D eigenvalue weighted by Crippen LogP contribution is -2.39. The average molecular weight is 333 g/mol. The highest BCUT2D eigenvalue weighted by atomic mass is 32.2. The maximum Gasteiger partial charge on any atom is 0.341 e. The molecule has 0 amide bonds. The highest BCUT2D eigenvalue weighted by Gasteiger charge is 2.26. The molecule has 0 aliphatic carbocycles. The quantitative estimate of drug-likeness (QED) is 0.869. The van der Waals surface area contributed by atoms with Gasteiger partial charge in [-0.05, 0) is 43.5 Å². The van der Waals surface area contributed by atoms with Crippen molar-refractivity contribution in [3.63, 3.8) is 0 Å². The van der Waals surface area contributed by atoms with Crippen molar-refractivity contribution in [2.24, 2.45) is 0 Å². The van der Waals surface area contributed by atoms with Crippen LogP contribution in [0.25, 0.3) is 0 Å². The lowest BCUT2D eigenvalue weighted by molar-refractivity contribution is 0.112. The van der Waals surface area contributed by atoms with Gasteiger partial charge in [-0.2, -0.15) is 8.78 Å². The van der Waals surface area contributed by atoms with Crippen molar-refractivity contribution in [1.82, 2.24) is 4.90 Å². The van der Waals surface area contributed by atoms with Gasteiger partial charge in [0, 0.05) is 19.2 Å². The van der Waals surface area contributed by atoms with E-state index in [4.69, 9.17) is 5.11 Å². The molecule has 0 bridgehead atoms. The van der Waals surface area contributed by atoms with E-state index in [1.165, 1.54) is 12.1 Å². The van der Waals surface area contributed by atoms with Crippen LogP contribution in [-0.4, -0.2) is 43.4 Å². The van der Waals surface area contributed by atoms with Gasteiger partial charge >= 0.3 is 5.76 Å². The summed E-state index contributed by atoms with van der Waals surface area (Å²) in [4.78, 5) is 1.91. The van der Waals surface area contributed by atoms with Crippen LogP contribution >= 0.6 is 0 Å². The maximum absolute atomic E-state index is 12.5. The monoisotopic (exact) mass is 333 g/mol. The number of rotatable bonds is 6. The van der Waals surface area contributed by atoms with Crippen molar-refractivity contribution < 1.29 is 22.3 Å². The summed E-state index contributed by atoms with van der Waals surface area (Å²) >= 11 is 0. The van der Waals surface area contributed by atoms with Gasteiger partial charge < -0.3 is 5.11 Å². The first kappa shape index (κ1) is 17.3.